The van der Waals surface area contributed by atoms with Gasteiger partial charge >= 0.3 is 0 Å². The van der Waals surface area contributed by atoms with E-state index >= 15 is 0 Å². The van der Waals surface area contributed by atoms with Crippen LogP contribution >= 0.6 is 46.4 Å². The van der Waals surface area contributed by atoms with Crippen molar-refractivity contribution >= 4 is 57.3 Å². The quantitative estimate of drug-likeness (QED) is 0.483. The van der Waals surface area contributed by atoms with Crippen molar-refractivity contribution in [2.75, 3.05) is 0 Å². The van der Waals surface area contributed by atoms with Crippen molar-refractivity contribution < 1.29 is 0 Å². The van der Waals surface area contributed by atoms with Gasteiger partial charge in [0.15, 0.2) is 5.82 Å². The van der Waals surface area contributed by atoms with Gasteiger partial charge in [-0.2, -0.15) is 0 Å². The van der Waals surface area contributed by atoms with Crippen LogP contribution in [-0.4, -0.2) is 9.97 Å². The molecule has 3 rings (SSSR count). The number of aromatic nitrogens is 2. The summed E-state index contributed by atoms with van der Waals surface area (Å²) in [6, 6.07) is 8.85. The number of rotatable bonds is 1. The fraction of sp³-hybridized carbons (Fsp3) is 0.0667. The Labute approximate surface area is 141 Å². The number of aryl methyl sites for hydroxylation is 1. The van der Waals surface area contributed by atoms with Gasteiger partial charge in [0.05, 0.1) is 20.9 Å². The van der Waals surface area contributed by atoms with E-state index in [4.69, 9.17) is 46.4 Å². The third-order valence-corrected chi connectivity index (χ3v) is 4.26. The first kappa shape index (κ1) is 14.9. The summed E-state index contributed by atoms with van der Waals surface area (Å²) < 4.78 is 0. The molecule has 21 heavy (non-hydrogen) atoms. The highest BCUT2D eigenvalue weighted by Gasteiger charge is 2.14. The van der Waals surface area contributed by atoms with Gasteiger partial charge in [-0.3, -0.25) is 0 Å². The van der Waals surface area contributed by atoms with Crippen LogP contribution in [0, 0.1) is 6.92 Å². The van der Waals surface area contributed by atoms with Crippen LogP contribution in [0.5, 0.6) is 0 Å². The van der Waals surface area contributed by atoms with Gasteiger partial charge in [0.25, 0.3) is 0 Å². The first-order valence-electron chi connectivity index (χ1n) is 6.05. The van der Waals surface area contributed by atoms with Crippen molar-refractivity contribution in [2.24, 2.45) is 0 Å². The van der Waals surface area contributed by atoms with Gasteiger partial charge in [-0.05, 0) is 42.8 Å². The second kappa shape index (κ2) is 5.62. The van der Waals surface area contributed by atoms with Crippen LogP contribution in [0.25, 0.3) is 22.3 Å². The highest BCUT2D eigenvalue weighted by Crippen LogP contribution is 2.35. The molecule has 0 spiro atoms. The molecule has 0 amide bonds. The Kier molecular flexibility index (Phi) is 3.98. The molecule has 0 atom stereocenters. The van der Waals surface area contributed by atoms with Gasteiger partial charge in [0.2, 0.25) is 0 Å². The van der Waals surface area contributed by atoms with Gasteiger partial charge in [0, 0.05) is 10.6 Å². The zero-order valence-corrected chi connectivity index (χ0v) is 13.8. The van der Waals surface area contributed by atoms with Crippen LogP contribution in [0.3, 0.4) is 0 Å². The molecule has 0 fully saturated rings. The van der Waals surface area contributed by atoms with Crippen molar-refractivity contribution in [3.63, 3.8) is 0 Å². The Hall–Kier alpha value is -1.06. The lowest BCUT2D eigenvalue weighted by Gasteiger charge is -2.09. The molecule has 0 saturated heterocycles. The van der Waals surface area contributed by atoms with E-state index < -0.39 is 0 Å². The molecule has 0 aliphatic carbocycles. The van der Waals surface area contributed by atoms with E-state index in [1.54, 1.807) is 18.2 Å². The lowest BCUT2D eigenvalue weighted by atomic mass is 10.1. The summed E-state index contributed by atoms with van der Waals surface area (Å²) in [5, 5.41) is 2.44. The molecule has 0 radical (unpaired) electrons. The number of hydrogen-bond donors (Lipinski definition) is 0. The van der Waals surface area contributed by atoms with Gasteiger partial charge in [-0.25, -0.2) is 9.97 Å². The second-order valence-corrected chi connectivity index (χ2v) is 6.16. The Morgan fingerprint density at radius 1 is 0.857 bits per heavy atom. The maximum Gasteiger partial charge on any atom is 0.161 e. The molecule has 2 nitrogen and oxygen atoms in total. The standard InChI is InChI=1S/C15H8Cl4N2/c1-7-6-8(16)2-3-9(7)15-20-13-11(18)5-4-10(17)12(13)14(19)21-15/h2-6H,1H3. The molecule has 6 heteroatoms. The summed E-state index contributed by atoms with van der Waals surface area (Å²) in [7, 11) is 0. The SMILES string of the molecule is Cc1cc(Cl)ccc1-c1nc(Cl)c2c(Cl)ccc(Cl)c2n1. The van der Waals surface area contributed by atoms with Crippen molar-refractivity contribution in [3.05, 3.63) is 56.1 Å². The fourth-order valence-corrected chi connectivity index (χ4v) is 3.11. The van der Waals surface area contributed by atoms with Crippen molar-refractivity contribution in [1.29, 1.82) is 0 Å². The fourth-order valence-electron chi connectivity index (χ4n) is 2.12. The molecule has 3 aromatic rings. The Morgan fingerprint density at radius 2 is 1.57 bits per heavy atom. The first-order chi connectivity index (χ1) is 9.97. The van der Waals surface area contributed by atoms with Crippen LogP contribution in [0.15, 0.2) is 30.3 Å². The van der Waals surface area contributed by atoms with Gasteiger partial charge in [-0.1, -0.05) is 46.4 Å². The molecule has 1 aromatic heterocycles. The number of fused-ring (bicyclic) bond motifs is 1. The minimum atomic E-state index is 0.275. The minimum Gasteiger partial charge on any atom is -0.226 e. The number of benzene rings is 2. The normalized spacial score (nSPS) is 11.1. The molecule has 0 N–H and O–H groups in total. The largest absolute Gasteiger partial charge is 0.226 e. The van der Waals surface area contributed by atoms with Gasteiger partial charge < -0.3 is 0 Å². The van der Waals surface area contributed by atoms with Crippen LogP contribution < -0.4 is 0 Å². The molecule has 0 unspecified atom stereocenters. The summed E-state index contributed by atoms with van der Waals surface area (Å²) in [6.45, 7) is 1.93. The predicted octanol–water partition coefficient (Wildman–Crippen LogP) is 6.22. The first-order valence-corrected chi connectivity index (χ1v) is 7.56. The molecule has 2 aromatic carbocycles. The topological polar surface area (TPSA) is 25.8 Å². The molecule has 0 saturated carbocycles. The van der Waals surface area contributed by atoms with E-state index in [-0.39, 0.29) is 5.15 Å². The Bertz CT molecular complexity index is 862. The smallest absolute Gasteiger partial charge is 0.161 e. The lowest BCUT2D eigenvalue weighted by molar-refractivity contribution is 1.21. The summed E-state index contributed by atoms with van der Waals surface area (Å²) in [6.07, 6.45) is 0. The summed E-state index contributed by atoms with van der Waals surface area (Å²) in [5.74, 6) is 0.492. The third kappa shape index (κ3) is 2.69. The van der Waals surface area contributed by atoms with Crippen molar-refractivity contribution in [3.8, 4) is 11.4 Å². The Morgan fingerprint density at radius 3 is 2.29 bits per heavy atom. The van der Waals surface area contributed by atoms with E-state index in [9.17, 15) is 0 Å². The maximum absolute atomic E-state index is 6.25. The average Bonchev–Trinajstić information content (AvgIpc) is 2.42. The summed E-state index contributed by atoms with van der Waals surface area (Å²) in [4.78, 5) is 8.83. The molecule has 1 heterocycles. The highest BCUT2D eigenvalue weighted by molar-refractivity contribution is 6.44. The Balaban J connectivity index is 2.33. The third-order valence-electron chi connectivity index (χ3n) is 3.14. The van der Waals surface area contributed by atoms with Gasteiger partial charge in [0.1, 0.15) is 5.15 Å². The van der Waals surface area contributed by atoms with Crippen LogP contribution in [-0.2, 0) is 0 Å². The van der Waals surface area contributed by atoms with E-state index in [1.807, 2.05) is 19.1 Å². The molecular weight excluding hydrogens is 350 g/mol. The van der Waals surface area contributed by atoms with Crippen molar-refractivity contribution in [1.82, 2.24) is 9.97 Å². The highest BCUT2D eigenvalue weighted by atomic mass is 35.5. The second-order valence-electron chi connectivity index (χ2n) is 4.55. The maximum atomic E-state index is 6.25. The monoisotopic (exact) mass is 356 g/mol. The number of halogens is 4. The predicted molar refractivity (Wildman–Crippen MR) is 89.8 cm³/mol. The zero-order valence-electron chi connectivity index (χ0n) is 10.8. The van der Waals surface area contributed by atoms with E-state index in [0.29, 0.717) is 31.8 Å². The average molecular weight is 358 g/mol. The van der Waals surface area contributed by atoms with Crippen LogP contribution in [0.1, 0.15) is 5.56 Å². The van der Waals surface area contributed by atoms with E-state index in [1.165, 1.54) is 0 Å². The van der Waals surface area contributed by atoms with E-state index in [0.717, 1.165) is 11.1 Å². The van der Waals surface area contributed by atoms with Gasteiger partial charge in [-0.15, -0.1) is 0 Å². The molecule has 0 bridgehead atoms. The molecule has 0 aliphatic rings. The van der Waals surface area contributed by atoms with Crippen LogP contribution in [0.2, 0.25) is 20.2 Å². The number of hydrogen-bond acceptors (Lipinski definition) is 2. The zero-order chi connectivity index (χ0) is 15.1. The minimum absolute atomic E-state index is 0.275. The lowest BCUT2D eigenvalue weighted by Crippen LogP contribution is -1.95. The molecule has 106 valence electrons. The molecular formula is C15H8Cl4N2. The van der Waals surface area contributed by atoms with Crippen LogP contribution in [0.4, 0.5) is 0 Å². The van der Waals surface area contributed by atoms with Crippen molar-refractivity contribution in [2.45, 2.75) is 6.92 Å². The number of nitrogens with zero attached hydrogens (tertiary/aromatic N) is 2. The summed E-state index contributed by atoms with van der Waals surface area (Å²) in [5.41, 5.74) is 2.34. The summed E-state index contributed by atoms with van der Waals surface area (Å²) >= 11 is 24.6. The molecule has 0 aliphatic heterocycles. The van der Waals surface area contributed by atoms with E-state index in [2.05, 4.69) is 9.97 Å².